The highest BCUT2D eigenvalue weighted by Gasteiger charge is 1.93. The molecule has 0 spiro atoms. The predicted octanol–water partition coefficient (Wildman–Crippen LogP) is 2.44. The Labute approximate surface area is 81.8 Å². The summed E-state index contributed by atoms with van der Waals surface area (Å²) in [7, 11) is 0. The lowest BCUT2D eigenvalue weighted by molar-refractivity contribution is -0.135. The van der Waals surface area contributed by atoms with Gasteiger partial charge in [-0.3, -0.25) is 0 Å². The summed E-state index contributed by atoms with van der Waals surface area (Å²) in [6.07, 6.45) is 3.02. The van der Waals surface area contributed by atoms with Crippen LogP contribution in [0.3, 0.4) is 0 Å². The minimum Gasteiger partial charge on any atom is -0.446 e. The maximum atomic E-state index is 10.8. The van der Waals surface area contributed by atoms with Crippen molar-refractivity contribution >= 4 is 23.6 Å². The molecule has 0 amide bonds. The highest BCUT2D eigenvalue weighted by atomic mass is 35.5. The van der Waals surface area contributed by atoms with Gasteiger partial charge in [0, 0.05) is 6.08 Å². The van der Waals surface area contributed by atoms with Gasteiger partial charge in [-0.25, -0.2) is 4.79 Å². The van der Waals surface area contributed by atoms with Crippen molar-refractivity contribution in [2.75, 3.05) is 6.07 Å². The number of hydrogen-bond acceptors (Lipinski definition) is 2. The largest absolute Gasteiger partial charge is 0.446 e. The van der Waals surface area contributed by atoms with Crippen molar-refractivity contribution in [3.63, 3.8) is 0 Å². The van der Waals surface area contributed by atoms with Gasteiger partial charge in [0.15, 0.2) is 6.07 Å². The summed E-state index contributed by atoms with van der Waals surface area (Å²) in [4.78, 5) is 10.8. The number of alkyl halides is 1. The van der Waals surface area contributed by atoms with Gasteiger partial charge < -0.3 is 4.74 Å². The van der Waals surface area contributed by atoms with Crippen LogP contribution >= 0.6 is 11.6 Å². The van der Waals surface area contributed by atoms with Crippen LogP contribution in [-0.4, -0.2) is 12.0 Å². The molecule has 0 aromatic heterocycles. The minimum absolute atomic E-state index is 0.113. The van der Waals surface area contributed by atoms with Crippen molar-refractivity contribution in [1.29, 1.82) is 0 Å². The smallest absolute Gasteiger partial charge is 0.331 e. The molecule has 0 aliphatic heterocycles. The number of carbonyl (C=O) groups excluding carboxylic acids is 1. The van der Waals surface area contributed by atoms with Crippen molar-refractivity contribution in [3.05, 3.63) is 42.0 Å². The van der Waals surface area contributed by atoms with E-state index >= 15 is 0 Å². The van der Waals surface area contributed by atoms with Crippen molar-refractivity contribution in [3.8, 4) is 0 Å². The van der Waals surface area contributed by atoms with Crippen molar-refractivity contribution in [1.82, 2.24) is 0 Å². The second-order valence-electron chi connectivity index (χ2n) is 2.32. The molecule has 13 heavy (non-hydrogen) atoms. The molecule has 3 heteroatoms. The summed E-state index contributed by atoms with van der Waals surface area (Å²) < 4.78 is 4.50. The Hall–Kier alpha value is -1.28. The van der Waals surface area contributed by atoms with Crippen LogP contribution in [0, 0.1) is 0 Å². The maximum absolute atomic E-state index is 10.8. The first kappa shape index (κ1) is 9.81. The van der Waals surface area contributed by atoms with E-state index in [2.05, 4.69) is 4.74 Å². The lowest BCUT2D eigenvalue weighted by atomic mass is 10.2. The SMILES string of the molecule is O=C(C=Cc1ccccc1)OCCl. The highest BCUT2D eigenvalue weighted by molar-refractivity contribution is 6.17. The van der Waals surface area contributed by atoms with Gasteiger partial charge in [0.1, 0.15) is 0 Å². The Morgan fingerprint density at radius 2 is 2.08 bits per heavy atom. The first-order valence-corrected chi connectivity index (χ1v) is 4.32. The molecule has 0 bridgehead atoms. The normalized spacial score (nSPS) is 10.2. The minimum atomic E-state index is -0.432. The Balaban J connectivity index is 2.54. The fourth-order valence-corrected chi connectivity index (χ4v) is 0.938. The summed E-state index contributed by atoms with van der Waals surface area (Å²) in [5, 5.41) is 0. The molecule has 68 valence electrons. The molecule has 0 radical (unpaired) electrons. The van der Waals surface area contributed by atoms with Crippen molar-refractivity contribution in [2.45, 2.75) is 0 Å². The molecule has 0 saturated heterocycles. The maximum Gasteiger partial charge on any atom is 0.331 e. The topological polar surface area (TPSA) is 26.3 Å². The molecule has 0 atom stereocenters. The van der Waals surface area contributed by atoms with Gasteiger partial charge in [0.2, 0.25) is 0 Å². The van der Waals surface area contributed by atoms with E-state index in [0.29, 0.717) is 0 Å². The molecule has 0 heterocycles. The number of halogens is 1. The molecule has 0 unspecified atom stereocenters. The second-order valence-corrected chi connectivity index (χ2v) is 2.53. The van der Waals surface area contributed by atoms with E-state index in [1.165, 1.54) is 6.08 Å². The fraction of sp³-hybridized carbons (Fsp3) is 0.100. The summed E-state index contributed by atoms with van der Waals surface area (Å²) in [6.45, 7) is 0. The summed E-state index contributed by atoms with van der Waals surface area (Å²) in [5.74, 6) is -0.432. The van der Waals surface area contributed by atoms with Crippen LogP contribution in [0.15, 0.2) is 36.4 Å². The van der Waals surface area contributed by atoms with Gasteiger partial charge in [-0.15, -0.1) is 0 Å². The number of esters is 1. The van der Waals surface area contributed by atoms with E-state index in [4.69, 9.17) is 11.6 Å². The van der Waals surface area contributed by atoms with E-state index < -0.39 is 5.97 Å². The zero-order chi connectivity index (χ0) is 9.52. The lowest BCUT2D eigenvalue weighted by Crippen LogP contribution is -1.97. The fourth-order valence-electron chi connectivity index (χ4n) is 0.830. The van der Waals surface area contributed by atoms with Crippen molar-refractivity contribution in [2.24, 2.45) is 0 Å². The summed E-state index contributed by atoms with van der Waals surface area (Å²) in [5.41, 5.74) is 0.953. The number of ether oxygens (including phenoxy) is 1. The summed E-state index contributed by atoms with van der Waals surface area (Å²) >= 11 is 5.20. The number of hydrogen-bond donors (Lipinski definition) is 0. The molecule has 0 saturated carbocycles. The lowest BCUT2D eigenvalue weighted by Gasteiger charge is -1.93. The first-order valence-electron chi connectivity index (χ1n) is 3.79. The van der Waals surface area contributed by atoms with Gasteiger partial charge in [0.25, 0.3) is 0 Å². The van der Waals surface area contributed by atoms with Crippen LogP contribution in [0.4, 0.5) is 0 Å². The molecule has 1 aromatic rings. The monoisotopic (exact) mass is 196 g/mol. The standard InChI is InChI=1S/C10H9ClO2/c11-8-13-10(12)7-6-9-4-2-1-3-5-9/h1-7H,8H2. The quantitative estimate of drug-likeness (QED) is 0.422. The van der Waals surface area contributed by atoms with E-state index in [0.717, 1.165) is 5.56 Å². The van der Waals surface area contributed by atoms with E-state index in [9.17, 15) is 4.79 Å². The van der Waals surface area contributed by atoms with Crippen LogP contribution in [0.1, 0.15) is 5.56 Å². The zero-order valence-corrected chi connectivity index (χ0v) is 7.70. The molecular formula is C10H9ClO2. The van der Waals surface area contributed by atoms with Gasteiger partial charge >= 0.3 is 5.97 Å². The third kappa shape index (κ3) is 3.76. The first-order chi connectivity index (χ1) is 6.33. The Morgan fingerprint density at radius 1 is 1.38 bits per heavy atom. The predicted molar refractivity (Wildman–Crippen MR) is 52.3 cm³/mol. The second kappa shape index (κ2) is 5.38. The van der Waals surface area contributed by atoms with Crippen molar-refractivity contribution < 1.29 is 9.53 Å². The van der Waals surface area contributed by atoms with E-state index in [1.807, 2.05) is 30.3 Å². The molecule has 2 nitrogen and oxygen atoms in total. The Bertz CT molecular complexity index is 293. The van der Waals surface area contributed by atoms with E-state index in [1.54, 1.807) is 6.08 Å². The summed E-state index contributed by atoms with van der Waals surface area (Å²) in [6, 6.07) is 9.38. The van der Waals surface area contributed by atoms with Crippen LogP contribution in [-0.2, 0) is 9.53 Å². The highest BCUT2D eigenvalue weighted by Crippen LogP contribution is 2.00. The van der Waals surface area contributed by atoms with Gasteiger partial charge in [-0.2, -0.15) is 0 Å². The Kier molecular flexibility index (Phi) is 4.06. The average molecular weight is 197 g/mol. The molecular weight excluding hydrogens is 188 g/mol. The molecule has 1 rings (SSSR count). The molecule has 0 aliphatic carbocycles. The van der Waals surface area contributed by atoms with Crippen LogP contribution in [0.5, 0.6) is 0 Å². The molecule has 0 aliphatic rings. The van der Waals surface area contributed by atoms with Gasteiger partial charge in [-0.05, 0) is 11.6 Å². The number of rotatable bonds is 3. The number of carbonyl (C=O) groups is 1. The molecule has 1 aromatic carbocycles. The average Bonchev–Trinajstić information content (AvgIpc) is 2.17. The van der Waals surface area contributed by atoms with E-state index in [-0.39, 0.29) is 6.07 Å². The third-order valence-corrected chi connectivity index (χ3v) is 1.52. The number of benzene rings is 1. The van der Waals surface area contributed by atoms with Crippen LogP contribution in [0.2, 0.25) is 0 Å². The van der Waals surface area contributed by atoms with Gasteiger partial charge in [-0.1, -0.05) is 41.9 Å². The third-order valence-electron chi connectivity index (χ3n) is 1.41. The zero-order valence-electron chi connectivity index (χ0n) is 6.94. The molecule has 0 fully saturated rings. The molecule has 0 N–H and O–H groups in total. The van der Waals surface area contributed by atoms with Crippen LogP contribution in [0.25, 0.3) is 6.08 Å². The van der Waals surface area contributed by atoms with Crippen LogP contribution < -0.4 is 0 Å². The van der Waals surface area contributed by atoms with Gasteiger partial charge in [0.05, 0.1) is 0 Å². The Morgan fingerprint density at radius 3 is 2.69 bits per heavy atom.